The molecule has 1 aromatic heterocycles. The zero-order chi connectivity index (χ0) is 16.4. The highest BCUT2D eigenvalue weighted by Crippen LogP contribution is 2.21. The minimum atomic E-state index is -0.875. The van der Waals surface area contributed by atoms with Gasteiger partial charge in [0.1, 0.15) is 12.1 Å². The Kier molecular flexibility index (Phi) is 4.10. The van der Waals surface area contributed by atoms with Gasteiger partial charge in [0.15, 0.2) is 0 Å². The lowest BCUT2D eigenvalue weighted by molar-refractivity contribution is -0.141. The van der Waals surface area contributed by atoms with E-state index in [9.17, 15) is 14.0 Å². The molecule has 1 aliphatic rings. The summed E-state index contributed by atoms with van der Waals surface area (Å²) in [6, 6.07) is 5.71. The number of carbonyl (C=O) groups is 2. The van der Waals surface area contributed by atoms with Crippen LogP contribution in [0, 0.1) is 11.7 Å². The second-order valence-corrected chi connectivity index (χ2v) is 5.49. The fourth-order valence-electron chi connectivity index (χ4n) is 2.57. The molecule has 6 nitrogen and oxygen atoms in total. The number of nitrogens with zero attached hydrogens (tertiary/aromatic N) is 2. The van der Waals surface area contributed by atoms with Gasteiger partial charge in [-0.05, 0) is 30.7 Å². The molecule has 1 amide bonds. The fourth-order valence-corrected chi connectivity index (χ4v) is 2.57. The number of likely N-dealkylation sites (tertiary alicyclic amines) is 1. The smallest absolute Gasteiger partial charge is 0.308 e. The van der Waals surface area contributed by atoms with E-state index in [2.05, 4.69) is 4.98 Å². The standard InChI is InChI=1S/C16H15FN2O4/c17-12-3-1-10(2-4-12)15-18-13(9-23-15)7-14(20)19-6-5-11(8-19)16(21)22/h1-4,9,11H,5-8H2,(H,21,22)/t11-/m0/s1. The predicted molar refractivity (Wildman–Crippen MR) is 77.9 cm³/mol. The maximum Gasteiger partial charge on any atom is 0.308 e. The molecule has 0 bridgehead atoms. The Bertz CT molecular complexity index is 726. The first-order valence-corrected chi connectivity index (χ1v) is 7.24. The van der Waals surface area contributed by atoms with Gasteiger partial charge in [0, 0.05) is 18.7 Å². The van der Waals surface area contributed by atoms with Crippen LogP contribution in [0.5, 0.6) is 0 Å². The molecule has 1 atom stereocenters. The quantitative estimate of drug-likeness (QED) is 0.931. The molecule has 120 valence electrons. The molecule has 0 spiro atoms. The van der Waals surface area contributed by atoms with Crippen molar-refractivity contribution in [1.29, 1.82) is 0 Å². The molecule has 1 aliphatic heterocycles. The molecule has 1 fully saturated rings. The van der Waals surface area contributed by atoms with E-state index in [1.165, 1.54) is 23.3 Å². The Morgan fingerprint density at radius 1 is 1.35 bits per heavy atom. The van der Waals surface area contributed by atoms with E-state index in [-0.39, 0.29) is 24.7 Å². The molecule has 1 N–H and O–H groups in total. The molecule has 0 aliphatic carbocycles. The van der Waals surface area contributed by atoms with E-state index in [1.807, 2.05) is 0 Å². The number of aromatic nitrogens is 1. The summed E-state index contributed by atoms with van der Waals surface area (Å²) in [5.74, 6) is -1.57. The van der Waals surface area contributed by atoms with Crippen molar-refractivity contribution in [3.63, 3.8) is 0 Å². The lowest BCUT2D eigenvalue weighted by Gasteiger charge is -2.14. The van der Waals surface area contributed by atoms with Crippen LogP contribution in [0.1, 0.15) is 12.1 Å². The summed E-state index contributed by atoms with van der Waals surface area (Å²) >= 11 is 0. The molecule has 1 aromatic carbocycles. The molecule has 0 saturated carbocycles. The number of benzene rings is 1. The summed E-state index contributed by atoms with van der Waals surface area (Å²) < 4.78 is 18.2. The van der Waals surface area contributed by atoms with Crippen molar-refractivity contribution in [2.45, 2.75) is 12.8 Å². The van der Waals surface area contributed by atoms with Crippen molar-refractivity contribution in [2.75, 3.05) is 13.1 Å². The molecule has 0 radical (unpaired) electrons. The van der Waals surface area contributed by atoms with Gasteiger partial charge in [0.25, 0.3) is 0 Å². The van der Waals surface area contributed by atoms with E-state index >= 15 is 0 Å². The summed E-state index contributed by atoms with van der Waals surface area (Å²) in [5, 5.41) is 8.96. The summed E-state index contributed by atoms with van der Waals surface area (Å²) in [4.78, 5) is 28.9. The zero-order valence-electron chi connectivity index (χ0n) is 12.2. The monoisotopic (exact) mass is 318 g/mol. The number of rotatable bonds is 4. The third kappa shape index (κ3) is 3.39. The van der Waals surface area contributed by atoms with Crippen LogP contribution in [0.2, 0.25) is 0 Å². The molecule has 2 aromatic rings. The van der Waals surface area contributed by atoms with Crippen molar-refractivity contribution >= 4 is 11.9 Å². The molecular weight excluding hydrogens is 303 g/mol. The van der Waals surface area contributed by atoms with Gasteiger partial charge in [-0.1, -0.05) is 0 Å². The van der Waals surface area contributed by atoms with E-state index in [4.69, 9.17) is 9.52 Å². The van der Waals surface area contributed by atoms with Crippen LogP contribution >= 0.6 is 0 Å². The van der Waals surface area contributed by atoms with Crippen LogP contribution in [0.15, 0.2) is 34.9 Å². The number of carboxylic acids is 1. The van der Waals surface area contributed by atoms with Crippen molar-refractivity contribution in [2.24, 2.45) is 5.92 Å². The molecule has 0 unspecified atom stereocenters. The third-order valence-electron chi connectivity index (χ3n) is 3.87. The van der Waals surface area contributed by atoms with E-state index in [0.717, 1.165) is 0 Å². The van der Waals surface area contributed by atoms with Crippen LogP contribution in [0.4, 0.5) is 4.39 Å². The summed E-state index contributed by atoms with van der Waals surface area (Å²) in [5.41, 5.74) is 1.09. The number of hydrogen-bond acceptors (Lipinski definition) is 4. The van der Waals surface area contributed by atoms with Gasteiger partial charge in [-0.2, -0.15) is 0 Å². The van der Waals surface area contributed by atoms with Crippen molar-refractivity contribution < 1.29 is 23.5 Å². The van der Waals surface area contributed by atoms with Gasteiger partial charge < -0.3 is 14.4 Å². The van der Waals surface area contributed by atoms with Gasteiger partial charge in [0.05, 0.1) is 18.0 Å². The largest absolute Gasteiger partial charge is 0.481 e. The summed E-state index contributed by atoms with van der Waals surface area (Å²) in [6.07, 6.45) is 1.92. The Labute approximate surface area is 131 Å². The zero-order valence-corrected chi connectivity index (χ0v) is 12.2. The first-order valence-electron chi connectivity index (χ1n) is 7.24. The second-order valence-electron chi connectivity index (χ2n) is 5.49. The average molecular weight is 318 g/mol. The minimum Gasteiger partial charge on any atom is -0.481 e. The topological polar surface area (TPSA) is 83.6 Å². The summed E-state index contributed by atoms with van der Waals surface area (Å²) in [6.45, 7) is 0.676. The normalized spacial score (nSPS) is 17.4. The van der Waals surface area contributed by atoms with Crippen molar-refractivity contribution in [1.82, 2.24) is 9.88 Å². The van der Waals surface area contributed by atoms with E-state index in [1.54, 1.807) is 12.1 Å². The third-order valence-corrected chi connectivity index (χ3v) is 3.87. The van der Waals surface area contributed by atoms with Crippen LogP contribution < -0.4 is 0 Å². The Morgan fingerprint density at radius 2 is 2.09 bits per heavy atom. The van der Waals surface area contributed by atoms with Crippen LogP contribution in [0.3, 0.4) is 0 Å². The Hall–Kier alpha value is -2.70. The van der Waals surface area contributed by atoms with E-state index in [0.29, 0.717) is 30.1 Å². The van der Waals surface area contributed by atoms with Crippen molar-refractivity contribution in [3.8, 4) is 11.5 Å². The number of amides is 1. The lowest BCUT2D eigenvalue weighted by Crippen LogP contribution is -2.31. The van der Waals surface area contributed by atoms with E-state index < -0.39 is 11.9 Å². The Balaban J connectivity index is 1.64. The molecule has 7 heteroatoms. The number of aliphatic carboxylic acids is 1. The number of oxazole rings is 1. The second kappa shape index (κ2) is 6.20. The van der Waals surface area contributed by atoms with Gasteiger partial charge in [-0.25, -0.2) is 9.37 Å². The molecule has 23 heavy (non-hydrogen) atoms. The van der Waals surface area contributed by atoms with Crippen LogP contribution in [-0.4, -0.2) is 40.0 Å². The highest BCUT2D eigenvalue weighted by Gasteiger charge is 2.31. The van der Waals surface area contributed by atoms with Crippen LogP contribution in [0.25, 0.3) is 11.5 Å². The highest BCUT2D eigenvalue weighted by atomic mass is 19.1. The highest BCUT2D eigenvalue weighted by molar-refractivity contribution is 5.80. The van der Waals surface area contributed by atoms with Gasteiger partial charge in [0.2, 0.25) is 11.8 Å². The Morgan fingerprint density at radius 3 is 2.74 bits per heavy atom. The number of carboxylic acid groups (broad SMARTS) is 1. The number of hydrogen-bond donors (Lipinski definition) is 1. The average Bonchev–Trinajstić information content (AvgIpc) is 3.17. The van der Waals surface area contributed by atoms with Gasteiger partial charge in [-0.15, -0.1) is 0 Å². The lowest BCUT2D eigenvalue weighted by atomic mass is 10.1. The summed E-state index contributed by atoms with van der Waals surface area (Å²) in [7, 11) is 0. The van der Waals surface area contributed by atoms with Crippen molar-refractivity contribution in [3.05, 3.63) is 42.0 Å². The molecule has 2 heterocycles. The van der Waals surface area contributed by atoms with Gasteiger partial charge >= 0.3 is 5.97 Å². The SMILES string of the molecule is O=C(O)[C@H]1CCN(C(=O)Cc2coc(-c3ccc(F)cc3)n2)C1. The maximum atomic E-state index is 12.9. The fraction of sp³-hybridized carbons (Fsp3) is 0.312. The maximum absolute atomic E-state index is 12.9. The minimum absolute atomic E-state index is 0.0526. The first-order chi connectivity index (χ1) is 11.0. The number of carbonyl (C=O) groups excluding carboxylic acids is 1. The molecule has 1 saturated heterocycles. The molecule has 3 rings (SSSR count). The molecular formula is C16H15FN2O4. The first kappa shape index (κ1) is 15.2. The number of halogens is 1. The van der Waals surface area contributed by atoms with Gasteiger partial charge in [-0.3, -0.25) is 9.59 Å². The predicted octanol–water partition coefficient (Wildman–Crippen LogP) is 1.96. The van der Waals surface area contributed by atoms with Crippen LogP contribution in [-0.2, 0) is 16.0 Å².